The number of aromatic nitrogens is 2. The van der Waals surface area contributed by atoms with Gasteiger partial charge in [-0.25, -0.2) is 9.97 Å². The SMILES string of the molecule is C/C=C(\N=C(/C)c1ccc(NC(=O)c2cscn2)nc1)c1cc(Cl)ccc1OC. The van der Waals surface area contributed by atoms with E-state index in [1.54, 1.807) is 36.3 Å². The molecule has 0 saturated heterocycles. The Morgan fingerprint density at radius 1 is 1.28 bits per heavy atom. The van der Waals surface area contributed by atoms with Crippen molar-refractivity contribution in [1.82, 2.24) is 9.97 Å². The molecule has 8 heteroatoms. The van der Waals surface area contributed by atoms with Gasteiger partial charge >= 0.3 is 0 Å². The molecule has 0 spiro atoms. The van der Waals surface area contributed by atoms with Crippen molar-refractivity contribution in [2.24, 2.45) is 4.99 Å². The summed E-state index contributed by atoms with van der Waals surface area (Å²) in [6.45, 7) is 3.80. The van der Waals surface area contributed by atoms with Gasteiger partial charge in [0.05, 0.1) is 18.3 Å². The van der Waals surface area contributed by atoms with Crippen LogP contribution in [0.15, 0.2) is 58.5 Å². The summed E-state index contributed by atoms with van der Waals surface area (Å²) < 4.78 is 5.43. The van der Waals surface area contributed by atoms with Gasteiger partial charge in [0.25, 0.3) is 5.91 Å². The predicted octanol–water partition coefficient (Wildman–Crippen LogP) is 5.32. The van der Waals surface area contributed by atoms with Crippen molar-refractivity contribution in [3.8, 4) is 5.75 Å². The summed E-state index contributed by atoms with van der Waals surface area (Å²) in [6.07, 6.45) is 3.56. The molecular weight excluding hydrogens is 408 g/mol. The van der Waals surface area contributed by atoms with Crippen molar-refractivity contribution in [2.45, 2.75) is 13.8 Å². The highest BCUT2D eigenvalue weighted by Gasteiger charge is 2.11. The van der Waals surface area contributed by atoms with Crippen molar-refractivity contribution >= 4 is 46.1 Å². The van der Waals surface area contributed by atoms with Crippen LogP contribution in [-0.4, -0.2) is 28.7 Å². The molecule has 0 aliphatic carbocycles. The summed E-state index contributed by atoms with van der Waals surface area (Å²) in [6, 6.07) is 8.99. The molecule has 0 saturated carbocycles. The summed E-state index contributed by atoms with van der Waals surface area (Å²) in [4.78, 5) is 25.1. The number of thiazole rings is 1. The molecule has 3 rings (SSSR count). The number of ether oxygens (including phenoxy) is 1. The smallest absolute Gasteiger partial charge is 0.276 e. The minimum atomic E-state index is -0.291. The minimum Gasteiger partial charge on any atom is -0.496 e. The molecule has 0 unspecified atom stereocenters. The number of hydrogen-bond acceptors (Lipinski definition) is 6. The third-order valence-corrected chi connectivity index (χ3v) is 4.91. The number of amides is 1. The van der Waals surface area contributed by atoms with Gasteiger partial charge in [-0.1, -0.05) is 17.7 Å². The Bertz CT molecular complexity index is 1060. The van der Waals surface area contributed by atoms with E-state index in [1.807, 2.05) is 38.1 Å². The third-order valence-electron chi connectivity index (χ3n) is 4.09. The number of hydrogen-bond donors (Lipinski definition) is 1. The van der Waals surface area contributed by atoms with Gasteiger partial charge in [0.1, 0.15) is 17.3 Å². The van der Waals surface area contributed by atoms with Crippen LogP contribution in [0.4, 0.5) is 5.82 Å². The van der Waals surface area contributed by atoms with Crippen molar-refractivity contribution in [2.75, 3.05) is 12.4 Å². The second kappa shape index (κ2) is 9.45. The maximum atomic E-state index is 12.1. The highest BCUT2D eigenvalue weighted by molar-refractivity contribution is 7.07. The fraction of sp³-hybridized carbons (Fsp3) is 0.143. The quantitative estimate of drug-likeness (QED) is 0.541. The van der Waals surface area contributed by atoms with Gasteiger partial charge in [0.2, 0.25) is 0 Å². The predicted molar refractivity (Wildman–Crippen MR) is 118 cm³/mol. The topological polar surface area (TPSA) is 76.5 Å². The molecule has 0 fully saturated rings. The zero-order valence-corrected chi connectivity index (χ0v) is 17.7. The number of nitrogens with one attached hydrogen (secondary N) is 1. The summed E-state index contributed by atoms with van der Waals surface area (Å²) >= 11 is 7.51. The minimum absolute atomic E-state index is 0.291. The second-order valence-corrected chi connectivity index (χ2v) is 7.13. The number of methoxy groups -OCH3 is 1. The molecule has 2 aromatic heterocycles. The van der Waals surface area contributed by atoms with E-state index in [4.69, 9.17) is 21.3 Å². The van der Waals surface area contributed by atoms with Gasteiger partial charge < -0.3 is 10.1 Å². The molecule has 0 aliphatic rings. The van der Waals surface area contributed by atoms with Gasteiger partial charge in [0, 0.05) is 33.4 Å². The first-order chi connectivity index (χ1) is 14.0. The van der Waals surface area contributed by atoms with Crippen LogP contribution >= 0.6 is 22.9 Å². The van der Waals surface area contributed by atoms with E-state index in [-0.39, 0.29) is 5.91 Å². The molecule has 2 heterocycles. The average Bonchev–Trinajstić information content (AvgIpc) is 3.27. The number of aliphatic imine (C=N–C) groups is 1. The lowest BCUT2D eigenvalue weighted by molar-refractivity contribution is 0.102. The normalized spacial score (nSPS) is 12.0. The van der Waals surface area contributed by atoms with E-state index >= 15 is 0 Å². The van der Waals surface area contributed by atoms with E-state index in [9.17, 15) is 4.79 Å². The van der Waals surface area contributed by atoms with Gasteiger partial charge in [0.15, 0.2) is 0 Å². The van der Waals surface area contributed by atoms with E-state index in [0.717, 1.165) is 22.5 Å². The molecule has 1 amide bonds. The Morgan fingerprint density at radius 3 is 2.72 bits per heavy atom. The third kappa shape index (κ3) is 5.07. The first-order valence-electron chi connectivity index (χ1n) is 8.73. The van der Waals surface area contributed by atoms with Gasteiger partial charge in [-0.3, -0.25) is 9.79 Å². The number of carbonyl (C=O) groups is 1. The second-order valence-electron chi connectivity index (χ2n) is 5.98. The Morgan fingerprint density at radius 2 is 2.10 bits per heavy atom. The molecule has 1 N–H and O–H groups in total. The molecule has 29 heavy (non-hydrogen) atoms. The molecule has 148 valence electrons. The van der Waals surface area contributed by atoms with E-state index in [2.05, 4.69) is 15.3 Å². The van der Waals surface area contributed by atoms with Crippen LogP contribution in [0.5, 0.6) is 5.75 Å². The molecular formula is C21H19ClN4O2S. The average molecular weight is 427 g/mol. The number of nitrogens with zero attached hydrogens (tertiary/aromatic N) is 3. The monoisotopic (exact) mass is 426 g/mol. The molecule has 0 aliphatic heterocycles. The van der Waals surface area contributed by atoms with Crippen LogP contribution < -0.4 is 10.1 Å². The zero-order valence-electron chi connectivity index (χ0n) is 16.1. The maximum Gasteiger partial charge on any atom is 0.276 e. The Hall–Kier alpha value is -3.03. The molecule has 0 radical (unpaired) electrons. The lowest BCUT2D eigenvalue weighted by Crippen LogP contribution is -2.13. The summed E-state index contributed by atoms with van der Waals surface area (Å²) in [5.41, 5.74) is 5.12. The number of carbonyl (C=O) groups excluding carboxylic acids is 1. The Balaban J connectivity index is 1.80. The van der Waals surface area contributed by atoms with Crippen molar-refractivity contribution in [3.05, 3.63) is 75.3 Å². The summed E-state index contributed by atoms with van der Waals surface area (Å²) in [5, 5.41) is 5.01. The standard InChI is InChI=1S/C21H19ClN4O2S/c1-4-17(16-9-15(22)6-7-19(16)28-3)25-13(2)14-5-8-20(23-10-14)26-21(27)18-11-29-12-24-18/h4-12H,1-3H3,(H,23,26,27)/b17-4-,25-13+. The molecule has 0 bridgehead atoms. The number of halogens is 1. The first kappa shape index (κ1) is 20.7. The van der Waals surface area contributed by atoms with E-state index in [1.165, 1.54) is 11.3 Å². The van der Waals surface area contributed by atoms with Gasteiger partial charge in [-0.15, -0.1) is 11.3 Å². The van der Waals surface area contributed by atoms with Gasteiger partial charge in [-0.2, -0.15) is 0 Å². The zero-order chi connectivity index (χ0) is 20.8. The number of allylic oxidation sites excluding steroid dienone is 1. The van der Waals surface area contributed by atoms with Crippen LogP contribution in [0, 0.1) is 0 Å². The molecule has 1 aromatic carbocycles. The summed E-state index contributed by atoms with van der Waals surface area (Å²) in [5.74, 6) is 0.848. The Labute approximate surface area is 178 Å². The van der Waals surface area contributed by atoms with Crippen LogP contribution in [0.2, 0.25) is 5.02 Å². The fourth-order valence-electron chi connectivity index (χ4n) is 2.59. The van der Waals surface area contributed by atoms with Crippen LogP contribution in [0.25, 0.3) is 5.70 Å². The Kier molecular flexibility index (Phi) is 6.74. The lowest BCUT2D eigenvalue weighted by atomic mass is 10.1. The number of pyridine rings is 1. The van der Waals surface area contributed by atoms with Crippen LogP contribution in [0.3, 0.4) is 0 Å². The highest BCUT2D eigenvalue weighted by Crippen LogP contribution is 2.30. The maximum absolute atomic E-state index is 12.1. The molecule has 3 aromatic rings. The molecule has 6 nitrogen and oxygen atoms in total. The first-order valence-corrected chi connectivity index (χ1v) is 10.1. The van der Waals surface area contributed by atoms with Crippen molar-refractivity contribution in [1.29, 1.82) is 0 Å². The van der Waals surface area contributed by atoms with Crippen LogP contribution in [-0.2, 0) is 0 Å². The summed E-state index contributed by atoms with van der Waals surface area (Å²) in [7, 11) is 1.61. The lowest BCUT2D eigenvalue weighted by Gasteiger charge is -2.11. The largest absolute Gasteiger partial charge is 0.496 e. The number of rotatable bonds is 6. The molecule has 0 atom stereocenters. The number of benzene rings is 1. The highest BCUT2D eigenvalue weighted by atomic mass is 35.5. The fourth-order valence-corrected chi connectivity index (χ4v) is 3.30. The number of anilines is 1. The van der Waals surface area contributed by atoms with E-state index in [0.29, 0.717) is 22.3 Å². The van der Waals surface area contributed by atoms with Crippen molar-refractivity contribution < 1.29 is 9.53 Å². The van der Waals surface area contributed by atoms with Crippen molar-refractivity contribution in [3.63, 3.8) is 0 Å². The van der Waals surface area contributed by atoms with Gasteiger partial charge in [-0.05, 0) is 44.2 Å². The van der Waals surface area contributed by atoms with E-state index < -0.39 is 0 Å². The van der Waals surface area contributed by atoms with Crippen LogP contribution in [0.1, 0.15) is 35.5 Å².